The standard InChI is InChI=1S/C6H10NO3P/c1-3-6(5-7)11(8,9)10-4-2/h3,6H,1,4H2,2H3,(H,8,9). The van der Waals surface area contributed by atoms with Crippen molar-refractivity contribution in [2.75, 3.05) is 6.61 Å². The van der Waals surface area contributed by atoms with Gasteiger partial charge in [-0.25, -0.2) is 0 Å². The van der Waals surface area contributed by atoms with Crippen molar-refractivity contribution in [3.05, 3.63) is 12.7 Å². The molecule has 2 atom stereocenters. The third-order valence-corrected chi connectivity index (χ3v) is 2.68. The lowest BCUT2D eigenvalue weighted by atomic mass is 10.5. The van der Waals surface area contributed by atoms with E-state index in [9.17, 15) is 4.57 Å². The van der Waals surface area contributed by atoms with E-state index in [-0.39, 0.29) is 6.61 Å². The summed E-state index contributed by atoms with van der Waals surface area (Å²) in [4.78, 5) is 9.01. The van der Waals surface area contributed by atoms with E-state index in [1.807, 2.05) is 0 Å². The van der Waals surface area contributed by atoms with Crippen LogP contribution in [0.1, 0.15) is 6.92 Å². The summed E-state index contributed by atoms with van der Waals surface area (Å²) < 4.78 is 15.5. The number of nitriles is 1. The highest BCUT2D eigenvalue weighted by atomic mass is 31.2. The second-order valence-corrected chi connectivity index (χ2v) is 3.73. The van der Waals surface area contributed by atoms with Crippen LogP contribution in [0.3, 0.4) is 0 Å². The summed E-state index contributed by atoms with van der Waals surface area (Å²) in [7, 11) is -3.78. The molecule has 5 heteroatoms. The van der Waals surface area contributed by atoms with Gasteiger partial charge in [0, 0.05) is 0 Å². The summed E-state index contributed by atoms with van der Waals surface area (Å²) in [6, 6.07) is 1.62. The van der Waals surface area contributed by atoms with Crippen molar-refractivity contribution in [1.82, 2.24) is 0 Å². The fourth-order valence-electron chi connectivity index (χ4n) is 0.524. The molecular formula is C6H10NO3P. The zero-order valence-electron chi connectivity index (χ0n) is 6.23. The molecule has 0 aromatic rings. The van der Waals surface area contributed by atoms with Crippen molar-refractivity contribution in [2.45, 2.75) is 12.6 Å². The quantitative estimate of drug-likeness (QED) is 0.516. The van der Waals surface area contributed by atoms with Crippen molar-refractivity contribution in [3.63, 3.8) is 0 Å². The van der Waals surface area contributed by atoms with Gasteiger partial charge in [-0.2, -0.15) is 5.26 Å². The molecule has 0 aliphatic rings. The highest BCUT2D eigenvalue weighted by Crippen LogP contribution is 2.47. The smallest absolute Gasteiger partial charge is 0.323 e. The van der Waals surface area contributed by atoms with Crippen LogP contribution in [0.5, 0.6) is 0 Å². The number of hydrogen-bond acceptors (Lipinski definition) is 3. The monoisotopic (exact) mass is 175 g/mol. The van der Waals surface area contributed by atoms with E-state index in [1.54, 1.807) is 13.0 Å². The van der Waals surface area contributed by atoms with Crippen molar-refractivity contribution < 1.29 is 14.0 Å². The Morgan fingerprint density at radius 3 is 2.82 bits per heavy atom. The third-order valence-electron chi connectivity index (χ3n) is 1.02. The molecule has 0 amide bonds. The molecule has 4 nitrogen and oxygen atoms in total. The van der Waals surface area contributed by atoms with Crippen LogP contribution in [0.4, 0.5) is 0 Å². The Bertz CT molecular complexity index is 220. The average Bonchev–Trinajstić information content (AvgIpc) is 1.89. The molecule has 0 saturated carbocycles. The maximum absolute atomic E-state index is 11.0. The van der Waals surface area contributed by atoms with Crippen LogP contribution in [0.15, 0.2) is 12.7 Å². The molecule has 0 fully saturated rings. The van der Waals surface area contributed by atoms with E-state index >= 15 is 0 Å². The minimum atomic E-state index is -3.78. The van der Waals surface area contributed by atoms with Crippen molar-refractivity contribution >= 4 is 7.60 Å². The first kappa shape index (κ1) is 10.4. The number of rotatable bonds is 4. The van der Waals surface area contributed by atoms with Gasteiger partial charge in [0.15, 0.2) is 5.66 Å². The van der Waals surface area contributed by atoms with Crippen LogP contribution in [-0.4, -0.2) is 17.2 Å². The van der Waals surface area contributed by atoms with Gasteiger partial charge in [-0.3, -0.25) is 4.57 Å². The molecule has 0 aliphatic carbocycles. The molecule has 0 spiro atoms. The maximum Gasteiger partial charge on any atom is 0.348 e. The summed E-state index contributed by atoms with van der Waals surface area (Å²) in [5, 5.41) is 8.35. The van der Waals surface area contributed by atoms with Gasteiger partial charge >= 0.3 is 7.60 Å². The van der Waals surface area contributed by atoms with Gasteiger partial charge in [-0.05, 0) is 6.92 Å². The Balaban J connectivity index is 4.41. The van der Waals surface area contributed by atoms with E-state index in [1.165, 1.54) is 0 Å². The summed E-state index contributed by atoms with van der Waals surface area (Å²) in [5.41, 5.74) is -1.12. The van der Waals surface area contributed by atoms with Crippen LogP contribution in [0.25, 0.3) is 0 Å². The van der Waals surface area contributed by atoms with Crippen LogP contribution in [0.2, 0.25) is 0 Å². The lowest BCUT2D eigenvalue weighted by Crippen LogP contribution is -2.04. The molecule has 62 valence electrons. The molecule has 0 aliphatic heterocycles. The third kappa shape index (κ3) is 2.85. The Labute approximate surface area is 65.6 Å². The SMILES string of the molecule is C=CC(C#N)P(=O)(O)OCC. The first-order valence-corrected chi connectivity index (χ1v) is 4.72. The summed E-state index contributed by atoms with van der Waals surface area (Å²) in [5.74, 6) is 0. The fourth-order valence-corrected chi connectivity index (χ4v) is 1.47. The molecule has 0 aromatic carbocycles. The predicted molar refractivity (Wildman–Crippen MR) is 41.0 cm³/mol. The van der Waals surface area contributed by atoms with E-state index in [2.05, 4.69) is 11.1 Å². The molecule has 0 rings (SSSR count). The molecule has 0 bridgehead atoms. The predicted octanol–water partition coefficient (Wildman–Crippen LogP) is 1.29. The molecular weight excluding hydrogens is 165 g/mol. The Hall–Kier alpha value is -0.620. The molecule has 0 aromatic heterocycles. The van der Waals surface area contributed by atoms with Crippen LogP contribution in [-0.2, 0) is 9.09 Å². The van der Waals surface area contributed by atoms with E-state index < -0.39 is 13.3 Å². The topological polar surface area (TPSA) is 70.3 Å². The van der Waals surface area contributed by atoms with Gasteiger partial charge in [0.05, 0.1) is 12.7 Å². The maximum atomic E-state index is 11.0. The van der Waals surface area contributed by atoms with E-state index in [0.717, 1.165) is 6.08 Å². The number of hydrogen-bond donors (Lipinski definition) is 1. The van der Waals surface area contributed by atoms with Gasteiger partial charge in [0.2, 0.25) is 0 Å². The summed E-state index contributed by atoms with van der Waals surface area (Å²) in [6.07, 6.45) is 1.11. The minimum absolute atomic E-state index is 0.111. The lowest BCUT2D eigenvalue weighted by molar-refractivity contribution is 0.272. The minimum Gasteiger partial charge on any atom is -0.323 e. The zero-order valence-corrected chi connectivity index (χ0v) is 7.12. The van der Waals surface area contributed by atoms with Gasteiger partial charge in [-0.15, -0.1) is 6.58 Å². The van der Waals surface area contributed by atoms with Crippen LogP contribution < -0.4 is 0 Å². The van der Waals surface area contributed by atoms with Crippen LogP contribution >= 0.6 is 7.60 Å². The fraction of sp³-hybridized carbons (Fsp3) is 0.500. The molecule has 0 heterocycles. The molecule has 1 N–H and O–H groups in total. The second-order valence-electron chi connectivity index (χ2n) is 1.79. The van der Waals surface area contributed by atoms with Gasteiger partial charge in [0.25, 0.3) is 0 Å². The molecule has 2 unspecified atom stereocenters. The molecule has 0 radical (unpaired) electrons. The lowest BCUT2D eigenvalue weighted by Gasteiger charge is -2.11. The summed E-state index contributed by atoms with van der Waals surface area (Å²) in [6.45, 7) is 4.94. The van der Waals surface area contributed by atoms with Gasteiger partial charge in [0.1, 0.15) is 0 Å². The second kappa shape index (κ2) is 4.30. The zero-order chi connectivity index (χ0) is 8.91. The largest absolute Gasteiger partial charge is 0.348 e. The van der Waals surface area contributed by atoms with Crippen molar-refractivity contribution in [2.24, 2.45) is 0 Å². The van der Waals surface area contributed by atoms with Crippen molar-refractivity contribution in [1.29, 1.82) is 5.26 Å². The number of allylic oxidation sites excluding steroid dienone is 1. The Morgan fingerprint density at radius 2 is 2.55 bits per heavy atom. The highest BCUT2D eigenvalue weighted by molar-refractivity contribution is 7.54. The van der Waals surface area contributed by atoms with E-state index in [4.69, 9.17) is 10.2 Å². The van der Waals surface area contributed by atoms with Gasteiger partial charge in [-0.1, -0.05) is 6.08 Å². The normalized spacial score (nSPS) is 17.9. The number of nitrogens with zero attached hydrogens (tertiary/aromatic N) is 1. The Kier molecular flexibility index (Phi) is 4.06. The Morgan fingerprint density at radius 1 is 2.00 bits per heavy atom. The van der Waals surface area contributed by atoms with Crippen molar-refractivity contribution in [3.8, 4) is 6.07 Å². The van der Waals surface area contributed by atoms with Crippen LogP contribution in [0, 0.1) is 11.3 Å². The van der Waals surface area contributed by atoms with E-state index in [0.29, 0.717) is 0 Å². The summed E-state index contributed by atoms with van der Waals surface area (Å²) >= 11 is 0. The first-order chi connectivity index (χ1) is 5.08. The first-order valence-electron chi connectivity index (χ1n) is 3.07. The molecule has 0 saturated heterocycles. The highest BCUT2D eigenvalue weighted by Gasteiger charge is 2.29. The van der Waals surface area contributed by atoms with Gasteiger partial charge < -0.3 is 9.42 Å². The average molecular weight is 175 g/mol. The molecule has 11 heavy (non-hydrogen) atoms.